The van der Waals surface area contributed by atoms with Gasteiger partial charge in [0.05, 0.1) is 13.7 Å². The van der Waals surface area contributed by atoms with Gasteiger partial charge in [0.2, 0.25) is 0 Å². The van der Waals surface area contributed by atoms with Crippen LogP contribution in [0.15, 0.2) is 24.3 Å². The number of ether oxygens (including phenoxy) is 2. The van der Waals surface area contributed by atoms with E-state index in [2.05, 4.69) is 4.74 Å². The summed E-state index contributed by atoms with van der Waals surface area (Å²) in [6.45, 7) is -0.235. The van der Waals surface area contributed by atoms with E-state index in [1.165, 1.54) is 7.11 Å². The van der Waals surface area contributed by atoms with Gasteiger partial charge in [-0.15, -0.1) is 0 Å². The van der Waals surface area contributed by atoms with Crippen LogP contribution in [-0.4, -0.2) is 13.3 Å². The summed E-state index contributed by atoms with van der Waals surface area (Å²) in [4.78, 5) is 0. The maximum Gasteiger partial charge on any atom is 0.417 e. The third-order valence-electron chi connectivity index (χ3n) is 1.63. The van der Waals surface area contributed by atoms with Crippen LogP contribution in [0, 0.1) is 6.61 Å². The molecule has 0 unspecified atom stereocenters. The van der Waals surface area contributed by atoms with Crippen LogP contribution in [0.4, 0.5) is 13.2 Å². The van der Waals surface area contributed by atoms with E-state index in [-0.39, 0.29) is 13.2 Å². The fourth-order valence-corrected chi connectivity index (χ4v) is 0.954. The van der Waals surface area contributed by atoms with Gasteiger partial charge in [0.15, 0.2) is 6.61 Å². The van der Waals surface area contributed by atoms with Crippen LogP contribution in [0.3, 0.4) is 0 Å². The van der Waals surface area contributed by atoms with Crippen LogP contribution in [0.25, 0.3) is 0 Å². The number of hydrogen-bond acceptors (Lipinski definition) is 2. The van der Waals surface area contributed by atoms with Crippen LogP contribution >= 0.6 is 0 Å². The summed E-state index contributed by atoms with van der Waals surface area (Å²) in [5.74, 6) is 0.651. The maximum atomic E-state index is 11.7. The molecular weight excluding hydrogens is 209 g/mol. The van der Waals surface area contributed by atoms with Gasteiger partial charge in [-0.05, 0) is 17.7 Å². The highest BCUT2D eigenvalue weighted by Crippen LogP contribution is 2.20. The molecule has 0 aliphatic rings. The van der Waals surface area contributed by atoms with Crippen molar-refractivity contribution in [3.05, 3.63) is 36.4 Å². The van der Waals surface area contributed by atoms with Gasteiger partial charge in [0, 0.05) is 0 Å². The zero-order valence-electron chi connectivity index (χ0n) is 8.04. The number of halogens is 3. The summed E-state index contributed by atoms with van der Waals surface area (Å²) in [6, 6.07) is 6.60. The van der Waals surface area contributed by atoms with Gasteiger partial charge in [-0.25, -0.2) is 0 Å². The Morgan fingerprint density at radius 1 is 1.20 bits per heavy atom. The van der Waals surface area contributed by atoms with Gasteiger partial charge in [0.1, 0.15) is 5.75 Å². The third-order valence-corrected chi connectivity index (χ3v) is 1.63. The van der Waals surface area contributed by atoms with Crippen LogP contribution < -0.4 is 4.74 Å². The Labute approximate surface area is 85.6 Å². The van der Waals surface area contributed by atoms with Crippen molar-refractivity contribution in [1.29, 1.82) is 0 Å². The highest BCUT2D eigenvalue weighted by atomic mass is 19.4. The number of hydrogen-bond donors (Lipinski definition) is 0. The molecule has 0 atom stereocenters. The lowest BCUT2D eigenvalue weighted by atomic mass is 10.2. The molecule has 0 fully saturated rings. The minimum atomic E-state index is -4.40. The lowest BCUT2D eigenvalue weighted by Crippen LogP contribution is -2.10. The molecule has 0 spiro atoms. The SMILES string of the molecule is COc1ccc(CO[CH]C(F)(F)F)cc1. The summed E-state index contributed by atoms with van der Waals surface area (Å²) >= 11 is 0. The predicted molar refractivity (Wildman–Crippen MR) is 48.1 cm³/mol. The zero-order chi connectivity index (χ0) is 11.3. The molecule has 1 aromatic carbocycles. The van der Waals surface area contributed by atoms with Crippen molar-refractivity contribution < 1.29 is 22.6 Å². The minimum absolute atomic E-state index is 0.108. The topological polar surface area (TPSA) is 18.5 Å². The average molecular weight is 219 g/mol. The quantitative estimate of drug-likeness (QED) is 0.775. The molecule has 0 saturated carbocycles. The van der Waals surface area contributed by atoms with E-state index >= 15 is 0 Å². The molecule has 2 nitrogen and oxygen atoms in total. The highest BCUT2D eigenvalue weighted by Gasteiger charge is 2.28. The predicted octanol–water partition coefficient (Wildman–Crippen LogP) is 2.94. The maximum absolute atomic E-state index is 11.7. The van der Waals surface area contributed by atoms with E-state index in [1.54, 1.807) is 24.3 Å². The van der Waals surface area contributed by atoms with Crippen LogP contribution in [0.2, 0.25) is 0 Å². The van der Waals surface area contributed by atoms with Gasteiger partial charge < -0.3 is 9.47 Å². The summed E-state index contributed by atoms with van der Waals surface area (Å²) in [5.41, 5.74) is 0.649. The molecule has 0 saturated heterocycles. The molecular formula is C10H10F3O2. The van der Waals surface area contributed by atoms with Crippen molar-refractivity contribution in [2.45, 2.75) is 12.8 Å². The Bertz CT molecular complexity index is 293. The van der Waals surface area contributed by atoms with E-state index in [4.69, 9.17) is 4.74 Å². The molecule has 1 radical (unpaired) electrons. The summed E-state index contributed by atoms with van der Waals surface area (Å²) in [5, 5.41) is 0. The molecule has 0 aromatic heterocycles. The third kappa shape index (κ3) is 4.69. The first-order chi connectivity index (χ1) is 7.01. The Balaban J connectivity index is 2.38. The Morgan fingerprint density at radius 2 is 1.80 bits per heavy atom. The molecule has 0 aliphatic carbocycles. The Morgan fingerprint density at radius 3 is 2.27 bits per heavy atom. The normalized spacial score (nSPS) is 11.5. The van der Waals surface area contributed by atoms with Crippen molar-refractivity contribution in [3.63, 3.8) is 0 Å². The first-order valence-corrected chi connectivity index (χ1v) is 4.17. The molecule has 1 rings (SSSR count). The van der Waals surface area contributed by atoms with Gasteiger partial charge in [-0.1, -0.05) is 12.1 Å². The van der Waals surface area contributed by atoms with E-state index in [0.29, 0.717) is 11.3 Å². The molecule has 0 N–H and O–H groups in total. The lowest BCUT2D eigenvalue weighted by Gasteiger charge is -2.07. The fraction of sp³-hybridized carbons (Fsp3) is 0.300. The van der Waals surface area contributed by atoms with E-state index in [1.807, 2.05) is 0 Å². The van der Waals surface area contributed by atoms with E-state index in [0.717, 1.165) is 0 Å². The number of rotatable bonds is 4. The number of benzene rings is 1. The summed E-state index contributed by atoms with van der Waals surface area (Å²) in [6.07, 6.45) is -4.40. The molecule has 0 aliphatic heterocycles. The summed E-state index contributed by atoms with van der Waals surface area (Å²) in [7, 11) is 1.52. The van der Waals surface area contributed by atoms with Gasteiger partial charge in [-0.3, -0.25) is 0 Å². The van der Waals surface area contributed by atoms with Crippen molar-refractivity contribution in [1.82, 2.24) is 0 Å². The lowest BCUT2D eigenvalue weighted by molar-refractivity contribution is -0.140. The number of alkyl halides is 3. The van der Waals surface area contributed by atoms with Crippen molar-refractivity contribution in [2.75, 3.05) is 7.11 Å². The Kier molecular flexibility index (Phi) is 3.96. The van der Waals surface area contributed by atoms with Crippen molar-refractivity contribution in [2.24, 2.45) is 0 Å². The molecule has 0 bridgehead atoms. The second kappa shape index (κ2) is 5.02. The first kappa shape index (κ1) is 11.8. The van der Waals surface area contributed by atoms with Gasteiger partial charge in [-0.2, -0.15) is 13.2 Å². The van der Waals surface area contributed by atoms with Crippen molar-refractivity contribution in [3.8, 4) is 5.75 Å². The number of methoxy groups -OCH3 is 1. The molecule has 15 heavy (non-hydrogen) atoms. The minimum Gasteiger partial charge on any atom is -0.497 e. The van der Waals surface area contributed by atoms with Crippen LogP contribution in [0.1, 0.15) is 5.56 Å². The molecule has 5 heteroatoms. The standard InChI is InChI=1S/C10H10F3O2/c1-14-9-4-2-8(3-5-9)6-15-7-10(11,12)13/h2-5,7H,6H2,1H3. The fourth-order valence-electron chi connectivity index (χ4n) is 0.954. The highest BCUT2D eigenvalue weighted by molar-refractivity contribution is 5.26. The largest absolute Gasteiger partial charge is 0.497 e. The van der Waals surface area contributed by atoms with E-state index < -0.39 is 6.18 Å². The van der Waals surface area contributed by atoms with Gasteiger partial charge >= 0.3 is 6.18 Å². The molecule has 83 valence electrons. The second-order valence-electron chi connectivity index (χ2n) is 2.82. The van der Waals surface area contributed by atoms with E-state index in [9.17, 15) is 13.2 Å². The monoisotopic (exact) mass is 219 g/mol. The Hall–Kier alpha value is -1.23. The second-order valence-corrected chi connectivity index (χ2v) is 2.82. The zero-order valence-corrected chi connectivity index (χ0v) is 8.04. The molecule has 1 aromatic rings. The average Bonchev–Trinajstić information content (AvgIpc) is 2.17. The van der Waals surface area contributed by atoms with Gasteiger partial charge in [0.25, 0.3) is 0 Å². The summed E-state index contributed by atoms with van der Waals surface area (Å²) < 4.78 is 44.3. The molecule has 0 amide bonds. The van der Waals surface area contributed by atoms with Crippen LogP contribution in [-0.2, 0) is 11.3 Å². The molecule has 0 heterocycles. The first-order valence-electron chi connectivity index (χ1n) is 4.17. The van der Waals surface area contributed by atoms with Crippen molar-refractivity contribution >= 4 is 0 Å². The van der Waals surface area contributed by atoms with Crippen LogP contribution in [0.5, 0.6) is 5.75 Å². The smallest absolute Gasteiger partial charge is 0.417 e.